The zero-order valence-electron chi connectivity index (χ0n) is 8.40. The molecule has 0 spiro atoms. The summed E-state index contributed by atoms with van der Waals surface area (Å²) in [5, 5.41) is 0.814. The number of ether oxygens (including phenoxy) is 1. The Morgan fingerprint density at radius 3 is 2.60 bits per heavy atom. The van der Waals surface area contributed by atoms with Gasteiger partial charge in [0, 0.05) is 17.0 Å². The Labute approximate surface area is 94.4 Å². The molecule has 2 heterocycles. The molecule has 3 rings (SSSR count). The predicted octanol–water partition coefficient (Wildman–Crippen LogP) is 2.31. The summed E-state index contributed by atoms with van der Waals surface area (Å²) in [7, 11) is 0. The highest BCUT2D eigenvalue weighted by Gasteiger charge is 2.48. The molecule has 2 nitrogen and oxygen atoms in total. The van der Waals surface area contributed by atoms with Gasteiger partial charge >= 0.3 is 0 Å². The van der Waals surface area contributed by atoms with Crippen LogP contribution in [-0.4, -0.2) is 18.2 Å². The molecule has 1 aromatic carbocycles. The van der Waals surface area contributed by atoms with E-state index in [0.29, 0.717) is 0 Å². The molecular formula is C12H14ClNO. The topological polar surface area (TPSA) is 35.2 Å². The van der Waals surface area contributed by atoms with Crippen molar-refractivity contribution in [2.45, 2.75) is 37.0 Å². The van der Waals surface area contributed by atoms with Gasteiger partial charge in [0.2, 0.25) is 0 Å². The number of rotatable bonds is 1. The van der Waals surface area contributed by atoms with E-state index < -0.39 is 0 Å². The largest absolute Gasteiger partial charge is 0.373 e. The van der Waals surface area contributed by atoms with Gasteiger partial charge in [0.15, 0.2) is 0 Å². The lowest BCUT2D eigenvalue weighted by Gasteiger charge is -2.25. The van der Waals surface area contributed by atoms with Crippen LogP contribution < -0.4 is 5.73 Å². The first-order valence-corrected chi connectivity index (χ1v) is 5.80. The van der Waals surface area contributed by atoms with Crippen LogP contribution in [0.2, 0.25) is 5.02 Å². The van der Waals surface area contributed by atoms with Crippen LogP contribution in [0.4, 0.5) is 0 Å². The fraction of sp³-hybridized carbons (Fsp3) is 0.500. The fourth-order valence-corrected chi connectivity index (χ4v) is 3.13. The van der Waals surface area contributed by atoms with E-state index in [1.54, 1.807) is 0 Å². The molecule has 80 valence electrons. The van der Waals surface area contributed by atoms with E-state index in [2.05, 4.69) is 6.07 Å². The van der Waals surface area contributed by atoms with E-state index in [1.807, 2.05) is 18.2 Å². The summed E-state index contributed by atoms with van der Waals surface area (Å²) in [4.78, 5) is 0. The Kier molecular flexibility index (Phi) is 2.23. The summed E-state index contributed by atoms with van der Waals surface area (Å²) in [6, 6.07) is 8.07. The van der Waals surface area contributed by atoms with Gasteiger partial charge in [-0.1, -0.05) is 29.8 Å². The third-order valence-electron chi connectivity index (χ3n) is 3.59. The SMILES string of the molecule is NC1C2CCC(O2)C1c1ccccc1Cl. The van der Waals surface area contributed by atoms with Crippen molar-refractivity contribution < 1.29 is 4.74 Å². The molecule has 2 N–H and O–H groups in total. The van der Waals surface area contributed by atoms with Crippen molar-refractivity contribution in [1.82, 2.24) is 0 Å². The molecule has 4 atom stereocenters. The van der Waals surface area contributed by atoms with Crippen LogP contribution in [0.1, 0.15) is 24.3 Å². The van der Waals surface area contributed by atoms with Crippen LogP contribution in [0.3, 0.4) is 0 Å². The minimum absolute atomic E-state index is 0.114. The Morgan fingerprint density at radius 1 is 1.20 bits per heavy atom. The zero-order chi connectivity index (χ0) is 10.4. The Morgan fingerprint density at radius 2 is 1.93 bits per heavy atom. The van der Waals surface area contributed by atoms with Crippen molar-refractivity contribution in [2.24, 2.45) is 5.73 Å². The summed E-state index contributed by atoms with van der Waals surface area (Å²) in [5.74, 6) is 0.289. The molecule has 0 amide bonds. The normalized spacial score (nSPS) is 38.5. The van der Waals surface area contributed by atoms with E-state index in [-0.39, 0.29) is 24.2 Å². The lowest BCUT2D eigenvalue weighted by atomic mass is 9.80. The standard InChI is InChI=1S/C12H14ClNO/c13-8-4-2-1-3-7(8)11-9-5-6-10(15-9)12(11)14/h1-4,9-12H,5-6,14H2. The minimum atomic E-state index is 0.114. The average Bonchev–Trinajstić information content (AvgIpc) is 2.80. The van der Waals surface area contributed by atoms with Gasteiger partial charge in [-0.3, -0.25) is 0 Å². The number of benzene rings is 1. The molecule has 2 bridgehead atoms. The Balaban J connectivity index is 1.98. The lowest BCUT2D eigenvalue weighted by molar-refractivity contribution is 0.0977. The molecule has 1 aromatic rings. The first-order chi connectivity index (χ1) is 7.27. The third-order valence-corrected chi connectivity index (χ3v) is 3.94. The van der Waals surface area contributed by atoms with Crippen molar-refractivity contribution >= 4 is 11.6 Å². The van der Waals surface area contributed by atoms with Gasteiger partial charge in [0.05, 0.1) is 12.2 Å². The minimum Gasteiger partial charge on any atom is -0.373 e. The van der Waals surface area contributed by atoms with Crippen molar-refractivity contribution in [1.29, 1.82) is 0 Å². The molecule has 0 saturated carbocycles. The van der Waals surface area contributed by atoms with Crippen LogP contribution >= 0.6 is 11.6 Å². The monoisotopic (exact) mass is 223 g/mol. The van der Waals surface area contributed by atoms with Crippen molar-refractivity contribution in [2.75, 3.05) is 0 Å². The second-order valence-electron chi connectivity index (χ2n) is 4.41. The Bertz CT molecular complexity index is 380. The van der Waals surface area contributed by atoms with Crippen LogP contribution in [0.15, 0.2) is 24.3 Å². The number of hydrogen-bond acceptors (Lipinski definition) is 2. The molecular weight excluding hydrogens is 210 g/mol. The van der Waals surface area contributed by atoms with Gasteiger partial charge < -0.3 is 10.5 Å². The third kappa shape index (κ3) is 1.40. The first-order valence-electron chi connectivity index (χ1n) is 5.43. The number of fused-ring (bicyclic) bond motifs is 2. The zero-order valence-corrected chi connectivity index (χ0v) is 9.15. The van der Waals surface area contributed by atoms with Gasteiger partial charge in [-0.15, -0.1) is 0 Å². The highest BCUT2D eigenvalue weighted by molar-refractivity contribution is 6.31. The van der Waals surface area contributed by atoms with Crippen LogP contribution in [0.25, 0.3) is 0 Å². The highest BCUT2D eigenvalue weighted by Crippen LogP contribution is 2.45. The quantitative estimate of drug-likeness (QED) is 0.793. The molecule has 2 saturated heterocycles. The van der Waals surface area contributed by atoms with Gasteiger partial charge in [-0.05, 0) is 24.5 Å². The van der Waals surface area contributed by atoms with Crippen molar-refractivity contribution in [3.8, 4) is 0 Å². The lowest BCUT2D eigenvalue weighted by Crippen LogP contribution is -2.38. The molecule has 0 aliphatic carbocycles. The maximum atomic E-state index is 6.20. The molecule has 3 heteroatoms. The fourth-order valence-electron chi connectivity index (χ4n) is 2.87. The number of nitrogens with two attached hydrogens (primary N) is 1. The van der Waals surface area contributed by atoms with Gasteiger partial charge in [-0.2, -0.15) is 0 Å². The summed E-state index contributed by atoms with van der Waals surface area (Å²) < 4.78 is 5.82. The van der Waals surface area contributed by atoms with E-state index in [4.69, 9.17) is 22.1 Å². The number of halogens is 1. The maximum absolute atomic E-state index is 6.20. The summed E-state index contributed by atoms with van der Waals surface area (Å²) >= 11 is 6.20. The van der Waals surface area contributed by atoms with Crippen LogP contribution in [0.5, 0.6) is 0 Å². The molecule has 0 radical (unpaired) electrons. The molecule has 2 aliphatic rings. The molecule has 4 unspecified atom stereocenters. The average molecular weight is 224 g/mol. The van der Waals surface area contributed by atoms with Crippen molar-refractivity contribution in [3.63, 3.8) is 0 Å². The second kappa shape index (κ2) is 3.48. The van der Waals surface area contributed by atoms with E-state index in [1.165, 1.54) is 0 Å². The summed E-state index contributed by atoms with van der Waals surface area (Å²) in [6.45, 7) is 0. The smallest absolute Gasteiger partial charge is 0.0737 e. The van der Waals surface area contributed by atoms with E-state index >= 15 is 0 Å². The molecule has 0 aromatic heterocycles. The number of hydrogen-bond donors (Lipinski definition) is 1. The van der Waals surface area contributed by atoms with Crippen LogP contribution in [0, 0.1) is 0 Å². The maximum Gasteiger partial charge on any atom is 0.0737 e. The van der Waals surface area contributed by atoms with E-state index in [9.17, 15) is 0 Å². The second-order valence-corrected chi connectivity index (χ2v) is 4.82. The van der Waals surface area contributed by atoms with Crippen molar-refractivity contribution in [3.05, 3.63) is 34.9 Å². The molecule has 15 heavy (non-hydrogen) atoms. The summed E-state index contributed by atoms with van der Waals surface area (Å²) in [5.41, 5.74) is 7.33. The molecule has 2 fully saturated rings. The molecule has 2 aliphatic heterocycles. The first kappa shape index (κ1) is 9.64. The highest BCUT2D eigenvalue weighted by atomic mass is 35.5. The Hall–Kier alpha value is -0.570. The van der Waals surface area contributed by atoms with Crippen LogP contribution in [-0.2, 0) is 4.74 Å². The van der Waals surface area contributed by atoms with Gasteiger partial charge in [-0.25, -0.2) is 0 Å². The van der Waals surface area contributed by atoms with Gasteiger partial charge in [0.1, 0.15) is 0 Å². The van der Waals surface area contributed by atoms with E-state index in [0.717, 1.165) is 23.4 Å². The summed E-state index contributed by atoms with van der Waals surface area (Å²) in [6.07, 6.45) is 2.75. The predicted molar refractivity (Wildman–Crippen MR) is 60.1 cm³/mol. The van der Waals surface area contributed by atoms with Gasteiger partial charge in [0.25, 0.3) is 0 Å².